The molecule has 0 saturated heterocycles. The van der Waals surface area contributed by atoms with Gasteiger partial charge >= 0.3 is 5.69 Å². The zero-order valence-corrected chi connectivity index (χ0v) is 11.4. The fraction of sp³-hybridized carbons (Fsp3) is 0.333. The fourth-order valence-electron chi connectivity index (χ4n) is 1.86. The molecule has 0 radical (unpaired) electrons. The molecule has 1 amide bonds. The molecule has 0 atom stereocenters. The molecule has 2 N–H and O–H groups in total. The van der Waals surface area contributed by atoms with Crippen LogP contribution in [-0.4, -0.2) is 24.8 Å². The van der Waals surface area contributed by atoms with Crippen molar-refractivity contribution in [2.45, 2.75) is 19.9 Å². The van der Waals surface area contributed by atoms with Crippen molar-refractivity contribution in [1.82, 2.24) is 18.9 Å². The molecule has 0 aliphatic rings. The molecule has 0 spiro atoms. The first kappa shape index (κ1) is 13.8. The summed E-state index contributed by atoms with van der Waals surface area (Å²) >= 11 is 0. The van der Waals surface area contributed by atoms with Crippen molar-refractivity contribution in [2.24, 2.45) is 12.8 Å². The lowest BCUT2D eigenvalue weighted by molar-refractivity contribution is 0.0997. The second kappa shape index (κ2) is 4.80. The van der Waals surface area contributed by atoms with Gasteiger partial charge in [0.1, 0.15) is 5.56 Å². The van der Waals surface area contributed by atoms with E-state index in [9.17, 15) is 14.4 Å². The van der Waals surface area contributed by atoms with Crippen LogP contribution in [0, 0.1) is 0 Å². The Labute approximate surface area is 114 Å². The standard InChI is InChI=1S/C12H15N5O3/c1-7(2)16-6-9(10(13)18)11(19)17(12(16)20)8-4-14-15(3)5-8/h4-7H,1-3H3,(H2,13,18). The van der Waals surface area contributed by atoms with Crippen LogP contribution in [0.5, 0.6) is 0 Å². The Morgan fingerprint density at radius 2 is 1.95 bits per heavy atom. The van der Waals surface area contributed by atoms with Crippen molar-refractivity contribution in [3.63, 3.8) is 0 Å². The highest BCUT2D eigenvalue weighted by molar-refractivity contribution is 5.92. The van der Waals surface area contributed by atoms with Crippen molar-refractivity contribution in [3.8, 4) is 5.69 Å². The third-order valence-electron chi connectivity index (χ3n) is 2.89. The Balaban J connectivity index is 2.88. The number of amides is 1. The van der Waals surface area contributed by atoms with Gasteiger partial charge in [-0.25, -0.2) is 9.36 Å². The van der Waals surface area contributed by atoms with Crippen LogP contribution in [-0.2, 0) is 7.05 Å². The normalized spacial score (nSPS) is 11.0. The lowest BCUT2D eigenvalue weighted by atomic mass is 10.3. The van der Waals surface area contributed by atoms with Crippen LogP contribution in [0.25, 0.3) is 5.69 Å². The van der Waals surface area contributed by atoms with Crippen LogP contribution >= 0.6 is 0 Å². The molecule has 8 nitrogen and oxygen atoms in total. The van der Waals surface area contributed by atoms with Crippen LogP contribution < -0.4 is 17.0 Å². The van der Waals surface area contributed by atoms with Crippen LogP contribution in [0.2, 0.25) is 0 Å². The predicted molar refractivity (Wildman–Crippen MR) is 72.0 cm³/mol. The summed E-state index contributed by atoms with van der Waals surface area (Å²) in [5.41, 5.74) is 3.97. The zero-order valence-electron chi connectivity index (χ0n) is 11.4. The number of nitrogens with two attached hydrogens (primary N) is 1. The summed E-state index contributed by atoms with van der Waals surface area (Å²) in [6, 6.07) is -0.218. The van der Waals surface area contributed by atoms with Gasteiger partial charge in [-0.2, -0.15) is 5.10 Å². The van der Waals surface area contributed by atoms with Crippen LogP contribution in [0.15, 0.2) is 28.2 Å². The Kier molecular flexibility index (Phi) is 3.31. The molecule has 2 heterocycles. The maximum Gasteiger partial charge on any atom is 0.336 e. The van der Waals surface area contributed by atoms with E-state index < -0.39 is 17.2 Å². The number of aryl methyl sites for hydroxylation is 1. The number of primary amides is 1. The van der Waals surface area contributed by atoms with Gasteiger partial charge in [-0.3, -0.25) is 18.8 Å². The van der Waals surface area contributed by atoms with E-state index in [1.165, 1.54) is 27.8 Å². The predicted octanol–water partition coefficient (Wildman–Crippen LogP) is -0.587. The molecule has 8 heteroatoms. The van der Waals surface area contributed by atoms with E-state index in [-0.39, 0.29) is 11.6 Å². The van der Waals surface area contributed by atoms with Gasteiger partial charge in [0, 0.05) is 25.5 Å². The lowest BCUT2D eigenvalue weighted by Gasteiger charge is -2.13. The van der Waals surface area contributed by atoms with E-state index >= 15 is 0 Å². The number of carbonyl (C=O) groups is 1. The first-order chi connectivity index (χ1) is 9.32. The Hall–Kier alpha value is -2.64. The van der Waals surface area contributed by atoms with E-state index in [4.69, 9.17) is 5.73 Å². The molecule has 20 heavy (non-hydrogen) atoms. The summed E-state index contributed by atoms with van der Waals surface area (Å²) in [7, 11) is 1.66. The van der Waals surface area contributed by atoms with Crippen molar-refractivity contribution >= 4 is 5.91 Å². The number of hydrogen-bond acceptors (Lipinski definition) is 4. The largest absolute Gasteiger partial charge is 0.365 e. The lowest BCUT2D eigenvalue weighted by Crippen LogP contribution is -2.42. The summed E-state index contributed by atoms with van der Waals surface area (Å²) in [5.74, 6) is -0.873. The van der Waals surface area contributed by atoms with Crippen LogP contribution in [0.3, 0.4) is 0 Å². The highest BCUT2D eigenvalue weighted by Gasteiger charge is 2.18. The Morgan fingerprint density at radius 3 is 2.40 bits per heavy atom. The summed E-state index contributed by atoms with van der Waals surface area (Å²) < 4.78 is 3.64. The van der Waals surface area contributed by atoms with Gasteiger partial charge in [0.25, 0.3) is 11.5 Å². The molecular formula is C12H15N5O3. The maximum absolute atomic E-state index is 12.4. The van der Waals surface area contributed by atoms with E-state index in [2.05, 4.69) is 5.10 Å². The van der Waals surface area contributed by atoms with Crippen LogP contribution in [0.1, 0.15) is 30.2 Å². The Bertz CT molecular complexity index is 781. The van der Waals surface area contributed by atoms with Gasteiger partial charge in [-0.05, 0) is 13.8 Å². The summed E-state index contributed by atoms with van der Waals surface area (Å²) in [6.07, 6.45) is 4.08. The fourth-order valence-corrected chi connectivity index (χ4v) is 1.86. The van der Waals surface area contributed by atoms with Gasteiger partial charge in [-0.1, -0.05) is 0 Å². The number of rotatable bonds is 3. The molecule has 0 aromatic carbocycles. The highest BCUT2D eigenvalue weighted by Crippen LogP contribution is 2.04. The molecule has 2 rings (SSSR count). The zero-order chi connectivity index (χ0) is 15.0. The molecular weight excluding hydrogens is 262 g/mol. The number of aromatic nitrogens is 4. The first-order valence-electron chi connectivity index (χ1n) is 6.00. The molecule has 2 aromatic rings. The van der Waals surface area contributed by atoms with Gasteiger partial charge in [0.15, 0.2) is 0 Å². The number of nitrogens with zero attached hydrogens (tertiary/aromatic N) is 4. The minimum absolute atomic E-state index is 0.218. The van der Waals surface area contributed by atoms with Gasteiger partial charge in [-0.15, -0.1) is 0 Å². The minimum atomic E-state index is -0.873. The van der Waals surface area contributed by atoms with Crippen molar-refractivity contribution in [2.75, 3.05) is 0 Å². The number of carbonyl (C=O) groups excluding carboxylic acids is 1. The SMILES string of the molecule is CC(C)n1cc(C(N)=O)c(=O)n(-c2cnn(C)c2)c1=O. The van der Waals surface area contributed by atoms with Gasteiger partial charge in [0.05, 0.1) is 11.9 Å². The molecule has 0 saturated carbocycles. The van der Waals surface area contributed by atoms with E-state index in [1.807, 2.05) is 0 Å². The summed E-state index contributed by atoms with van der Waals surface area (Å²) in [4.78, 5) is 35.9. The van der Waals surface area contributed by atoms with Crippen molar-refractivity contribution in [3.05, 3.63) is 45.0 Å². The quantitative estimate of drug-likeness (QED) is 0.809. The highest BCUT2D eigenvalue weighted by atomic mass is 16.2. The van der Waals surface area contributed by atoms with E-state index in [1.54, 1.807) is 20.9 Å². The molecule has 2 aromatic heterocycles. The van der Waals surface area contributed by atoms with E-state index in [0.29, 0.717) is 5.69 Å². The van der Waals surface area contributed by atoms with Gasteiger partial charge < -0.3 is 5.73 Å². The summed E-state index contributed by atoms with van der Waals surface area (Å²) in [5, 5.41) is 3.92. The third-order valence-corrected chi connectivity index (χ3v) is 2.89. The van der Waals surface area contributed by atoms with Crippen molar-refractivity contribution < 1.29 is 4.79 Å². The molecule has 0 unspecified atom stereocenters. The summed E-state index contributed by atoms with van der Waals surface area (Å²) in [6.45, 7) is 3.54. The minimum Gasteiger partial charge on any atom is -0.365 e. The first-order valence-corrected chi connectivity index (χ1v) is 6.00. The number of hydrogen-bond donors (Lipinski definition) is 1. The van der Waals surface area contributed by atoms with Crippen molar-refractivity contribution in [1.29, 1.82) is 0 Å². The second-order valence-electron chi connectivity index (χ2n) is 4.70. The second-order valence-corrected chi connectivity index (χ2v) is 4.70. The average Bonchev–Trinajstić information content (AvgIpc) is 2.75. The van der Waals surface area contributed by atoms with Gasteiger partial charge in [0.2, 0.25) is 0 Å². The molecule has 0 aliphatic heterocycles. The van der Waals surface area contributed by atoms with E-state index in [0.717, 1.165) is 4.57 Å². The monoisotopic (exact) mass is 277 g/mol. The Morgan fingerprint density at radius 1 is 1.30 bits per heavy atom. The third kappa shape index (κ3) is 2.15. The maximum atomic E-state index is 12.4. The smallest absolute Gasteiger partial charge is 0.336 e. The molecule has 106 valence electrons. The molecule has 0 fully saturated rings. The molecule has 0 bridgehead atoms. The average molecular weight is 277 g/mol. The van der Waals surface area contributed by atoms with Crippen LogP contribution in [0.4, 0.5) is 0 Å². The molecule has 0 aliphatic carbocycles. The topological polar surface area (TPSA) is 105 Å².